The van der Waals surface area contributed by atoms with Gasteiger partial charge >= 0.3 is 0 Å². The molecule has 2 bridgehead atoms. The Balaban J connectivity index is 2.25. The lowest BCUT2D eigenvalue weighted by molar-refractivity contribution is -0.122. The number of rotatable bonds is 1. The third kappa shape index (κ3) is 1.75. The van der Waals surface area contributed by atoms with Gasteiger partial charge in [-0.25, -0.2) is 0 Å². The fourth-order valence-electron chi connectivity index (χ4n) is 2.40. The summed E-state index contributed by atoms with van der Waals surface area (Å²) in [5.74, 6) is 1.50. The van der Waals surface area contributed by atoms with Gasteiger partial charge in [0.2, 0.25) is 0 Å². The normalized spacial score (nSPS) is 38.0. The van der Waals surface area contributed by atoms with Crippen molar-refractivity contribution in [3.05, 3.63) is 12.2 Å². The minimum atomic E-state index is 0.142. The number of allylic oxidation sites excluding steroid dienone is 1. The molecule has 3 aliphatic rings. The molecule has 0 radical (unpaired) electrons. The summed E-state index contributed by atoms with van der Waals surface area (Å²) in [5, 5.41) is 0.477. The first-order valence-corrected chi connectivity index (χ1v) is 6.24. The maximum absolute atomic E-state index is 11.6. The van der Waals surface area contributed by atoms with Crippen LogP contribution >= 0.6 is 11.8 Å². The molecule has 0 aromatic heterocycles. The number of carbonyl (C=O) groups is 1. The molecular formula is C11H17NOS. The van der Waals surface area contributed by atoms with Crippen LogP contribution in [0.1, 0.15) is 19.8 Å². The number of Topliss-reactive ketones (excluding diaryl/α,β-unsaturated/α-hetero) is 1. The van der Waals surface area contributed by atoms with Crippen molar-refractivity contribution in [2.75, 3.05) is 12.8 Å². The summed E-state index contributed by atoms with van der Waals surface area (Å²) in [6.07, 6.45) is 6.66. The molecule has 0 spiro atoms. The second-order valence-corrected chi connectivity index (χ2v) is 5.46. The molecule has 3 heterocycles. The van der Waals surface area contributed by atoms with Crippen LogP contribution in [0.4, 0.5) is 0 Å². The van der Waals surface area contributed by atoms with E-state index < -0.39 is 0 Å². The number of ketones is 1. The van der Waals surface area contributed by atoms with Gasteiger partial charge in [0.1, 0.15) is 5.78 Å². The smallest absolute Gasteiger partial charge is 0.148 e. The van der Waals surface area contributed by atoms with Crippen molar-refractivity contribution < 1.29 is 4.79 Å². The second-order valence-electron chi connectivity index (χ2n) is 4.19. The standard InChI is InChI=1S/C11H17NOS/c1-8(13)11-10-6-4-3-5-9(7-14-10)12(11)2/h3-4,9-11H,5-7H2,1-2H3. The fourth-order valence-corrected chi connectivity index (χ4v) is 4.05. The van der Waals surface area contributed by atoms with Crippen molar-refractivity contribution in [2.45, 2.75) is 37.1 Å². The molecule has 78 valence electrons. The number of carbonyl (C=O) groups excluding carboxylic acids is 1. The molecule has 0 saturated carbocycles. The number of thioether (sulfide) groups is 1. The Bertz CT molecular complexity index is 264. The lowest BCUT2D eigenvalue weighted by atomic mass is 9.99. The topological polar surface area (TPSA) is 20.3 Å². The highest BCUT2D eigenvalue weighted by molar-refractivity contribution is 8.00. The van der Waals surface area contributed by atoms with Crippen molar-refractivity contribution >= 4 is 17.5 Å². The molecular weight excluding hydrogens is 194 g/mol. The zero-order valence-corrected chi connectivity index (χ0v) is 9.59. The van der Waals surface area contributed by atoms with Gasteiger partial charge in [0, 0.05) is 17.0 Å². The zero-order chi connectivity index (χ0) is 10.1. The van der Waals surface area contributed by atoms with Crippen molar-refractivity contribution in [1.82, 2.24) is 4.90 Å². The van der Waals surface area contributed by atoms with Crippen LogP contribution in [-0.4, -0.2) is 40.8 Å². The van der Waals surface area contributed by atoms with Gasteiger partial charge < -0.3 is 0 Å². The maximum atomic E-state index is 11.6. The summed E-state index contributed by atoms with van der Waals surface area (Å²) in [6, 6.07) is 0.699. The van der Waals surface area contributed by atoms with Crippen molar-refractivity contribution in [3.8, 4) is 0 Å². The number of fused-ring (bicyclic) bond motifs is 4. The fraction of sp³-hybridized carbons (Fsp3) is 0.727. The van der Waals surface area contributed by atoms with Gasteiger partial charge in [-0.15, -0.1) is 0 Å². The number of likely N-dealkylation sites (N-methyl/N-ethyl adjacent to an activating group) is 1. The highest BCUT2D eigenvalue weighted by Crippen LogP contribution is 2.33. The highest BCUT2D eigenvalue weighted by atomic mass is 32.2. The first-order chi connectivity index (χ1) is 6.70. The average molecular weight is 211 g/mol. The monoisotopic (exact) mass is 211 g/mol. The van der Waals surface area contributed by atoms with Crippen LogP contribution in [0.15, 0.2) is 12.2 Å². The summed E-state index contributed by atoms with van der Waals surface area (Å²) in [6.45, 7) is 1.72. The molecule has 2 nitrogen and oxygen atoms in total. The summed E-state index contributed by atoms with van der Waals surface area (Å²) in [4.78, 5) is 13.9. The van der Waals surface area contributed by atoms with Crippen LogP contribution in [0.3, 0.4) is 0 Å². The van der Waals surface area contributed by atoms with Gasteiger partial charge in [-0.2, -0.15) is 11.8 Å². The number of hydrogen-bond acceptors (Lipinski definition) is 3. The van der Waals surface area contributed by atoms with Gasteiger partial charge in [-0.3, -0.25) is 9.69 Å². The first-order valence-electron chi connectivity index (χ1n) is 5.19. The Morgan fingerprint density at radius 3 is 2.86 bits per heavy atom. The number of hydrogen-bond donors (Lipinski definition) is 0. The molecule has 0 aliphatic carbocycles. The molecule has 1 saturated heterocycles. The van der Waals surface area contributed by atoms with Gasteiger partial charge in [0.15, 0.2) is 0 Å². The van der Waals surface area contributed by atoms with E-state index >= 15 is 0 Å². The molecule has 3 atom stereocenters. The molecule has 14 heavy (non-hydrogen) atoms. The molecule has 3 unspecified atom stereocenters. The van der Waals surface area contributed by atoms with Crippen LogP contribution in [0.2, 0.25) is 0 Å². The quantitative estimate of drug-likeness (QED) is 0.616. The van der Waals surface area contributed by atoms with Crippen LogP contribution < -0.4 is 0 Å². The van der Waals surface area contributed by atoms with E-state index in [1.807, 2.05) is 11.8 Å². The molecule has 0 amide bonds. The summed E-state index contributed by atoms with van der Waals surface area (Å²) in [7, 11) is 2.10. The molecule has 0 aromatic carbocycles. The van der Waals surface area contributed by atoms with Crippen LogP contribution in [-0.2, 0) is 4.79 Å². The van der Waals surface area contributed by atoms with E-state index in [0.717, 1.165) is 12.8 Å². The van der Waals surface area contributed by atoms with Gasteiger partial charge in [0.05, 0.1) is 6.04 Å². The lowest BCUT2D eigenvalue weighted by Gasteiger charge is -2.43. The van der Waals surface area contributed by atoms with E-state index in [1.165, 1.54) is 5.75 Å². The zero-order valence-electron chi connectivity index (χ0n) is 8.77. The summed E-state index contributed by atoms with van der Waals surface area (Å²) in [5.41, 5.74) is 0. The lowest BCUT2D eigenvalue weighted by Crippen LogP contribution is -2.54. The van der Waals surface area contributed by atoms with E-state index in [4.69, 9.17) is 0 Å². The van der Waals surface area contributed by atoms with E-state index in [2.05, 4.69) is 24.1 Å². The maximum Gasteiger partial charge on any atom is 0.148 e. The summed E-state index contributed by atoms with van der Waals surface area (Å²) >= 11 is 1.97. The molecule has 1 fully saturated rings. The molecule has 0 aromatic rings. The minimum absolute atomic E-state index is 0.142. The van der Waals surface area contributed by atoms with Crippen molar-refractivity contribution in [1.29, 1.82) is 0 Å². The molecule has 3 rings (SSSR count). The van der Waals surface area contributed by atoms with Gasteiger partial charge in [-0.1, -0.05) is 12.2 Å². The van der Waals surface area contributed by atoms with E-state index in [0.29, 0.717) is 17.1 Å². The predicted molar refractivity (Wildman–Crippen MR) is 60.6 cm³/mol. The van der Waals surface area contributed by atoms with E-state index in [-0.39, 0.29) is 6.04 Å². The van der Waals surface area contributed by atoms with E-state index in [9.17, 15) is 4.79 Å². The predicted octanol–water partition coefficient (Wildman–Crippen LogP) is 1.71. The summed E-state index contributed by atoms with van der Waals surface area (Å²) < 4.78 is 0. The largest absolute Gasteiger partial charge is 0.298 e. The van der Waals surface area contributed by atoms with E-state index in [1.54, 1.807) is 6.92 Å². The second kappa shape index (κ2) is 4.07. The Labute approximate surface area is 89.7 Å². The van der Waals surface area contributed by atoms with Crippen LogP contribution in [0.5, 0.6) is 0 Å². The highest BCUT2D eigenvalue weighted by Gasteiger charge is 2.37. The Hall–Kier alpha value is -0.280. The third-order valence-corrected chi connectivity index (χ3v) is 4.68. The van der Waals surface area contributed by atoms with Gasteiger partial charge in [0.25, 0.3) is 0 Å². The van der Waals surface area contributed by atoms with Gasteiger partial charge in [-0.05, 0) is 26.8 Å². The Kier molecular flexibility index (Phi) is 2.98. The minimum Gasteiger partial charge on any atom is -0.298 e. The average Bonchev–Trinajstić information content (AvgIpc) is 2.06. The van der Waals surface area contributed by atoms with Crippen LogP contribution in [0.25, 0.3) is 0 Å². The van der Waals surface area contributed by atoms with Crippen molar-refractivity contribution in [3.63, 3.8) is 0 Å². The Morgan fingerprint density at radius 1 is 1.43 bits per heavy atom. The van der Waals surface area contributed by atoms with Crippen LogP contribution in [0, 0.1) is 0 Å². The van der Waals surface area contributed by atoms with Crippen molar-refractivity contribution in [2.24, 2.45) is 0 Å². The molecule has 0 N–H and O–H groups in total. The number of nitrogens with zero attached hydrogens (tertiary/aromatic N) is 1. The SMILES string of the molecule is CC(=O)C1C2CC=CCC(CS2)N1C. The third-order valence-electron chi connectivity index (χ3n) is 3.23. The molecule has 3 aliphatic heterocycles. The molecule has 3 heteroatoms. The first kappa shape index (κ1) is 10.2. The Morgan fingerprint density at radius 2 is 2.14 bits per heavy atom.